The Bertz CT molecular complexity index is 1880. The van der Waals surface area contributed by atoms with Crippen LogP contribution in [0.3, 0.4) is 0 Å². The van der Waals surface area contributed by atoms with Crippen LogP contribution in [0.25, 0.3) is 0 Å². The van der Waals surface area contributed by atoms with Crippen LogP contribution in [0.4, 0.5) is 0 Å². The number of carbonyl (C=O) groups is 5. The van der Waals surface area contributed by atoms with Crippen molar-refractivity contribution in [3.8, 4) is 17.2 Å². The molecule has 0 saturated heterocycles. The predicted octanol–water partition coefficient (Wildman–Crippen LogP) is 3.91. The second-order valence-electron chi connectivity index (χ2n) is 14.8. The van der Waals surface area contributed by atoms with Gasteiger partial charge in [-0.2, -0.15) is 0 Å². The Labute approximate surface area is 341 Å². The van der Waals surface area contributed by atoms with Gasteiger partial charge in [-0.1, -0.05) is 56.3 Å². The summed E-state index contributed by atoms with van der Waals surface area (Å²) in [6.45, 7) is 6.85. The fourth-order valence-corrected chi connectivity index (χ4v) is 6.28. The van der Waals surface area contributed by atoms with Crippen molar-refractivity contribution in [1.82, 2.24) is 20.0 Å². The molecule has 3 rings (SSSR count). The summed E-state index contributed by atoms with van der Waals surface area (Å²) in [4.78, 5) is 74.1. The monoisotopic (exact) mass is 802 g/mol. The molecule has 0 radical (unpaired) electrons. The molecule has 0 aliphatic heterocycles. The molecule has 0 bridgehead atoms. The van der Waals surface area contributed by atoms with Gasteiger partial charge in [0.15, 0.2) is 0 Å². The highest BCUT2D eigenvalue weighted by molar-refractivity contribution is 5.95. The molecule has 0 unspecified atom stereocenters. The molecule has 0 fully saturated rings. The Hall–Kier alpha value is -5.89. The standard InChI is InChI=1S/C44H58N4O10/c1-11-28(4)39(58-44(55)36(46(5)6)25-31-16-22-34(56-9)23-17-31)40(51)45-38(27(2)3)42(53)47(7)35(24-29-12-18-32(49)19-13-29)41(52)48(8)37(43(54)57-10)26-30-14-20-33(50)21-15-30/h11-23,27,35-39,49-50H,24-26H2,1-10H3,(H,45,51)/b28-11+/t35-,36+,37-,38-,39+/m1/s1. The highest BCUT2D eigenvalue weighted by atomic mass is 16.6. The number of likely N-dealkylation sites (N-methyl/N-ethyl adjacent to an activating group) is 3. The first-order chi connectivity index (χ1) is 27.4. The SMILES string of the molecule is C/C=C(\C)[C@H](OC(=O)[C@H](Cc1ccc(OC)cc1)N(C)C)C(=O)N[C@@H](C(=O)N(C)[C@H](Cc1ccc(O)cc1)C(=O)N(C)[C@H](Cc1ccc(O)cc1)C(=O)OC)C(C)C. The van der Waals surface area contributed by atoms with Crippen molar-refractivity contribution in [3.63, 3.8) is 0 Å². The average molecular weight is 803 g/mol. The molecular weight excluding hydrogens is 745 g/mol. The third kappa shape index (κ3) is 12.6. The summed E-state index contributed by atoms with van der Waals surface area (Å²) in [5.41, 5.74) is 2.57. The van der Waals surface area contributed by atoms with E-state index in [2.05, 4.69) is 5.32 Å². The zero-order valence-electron chi connectivity index (χ0n) is 35.1. The lowest BCUT2D eigenvalue weighted by Gasteiger charge is -2.36. The van der Waals surface area contributed by atoms with Gasteiger partial charge in [-0.3, -0.25) is 24.1 Å². The number of nitrogens with zero attached hydrogens (tertiary/aromatic N) is 3. The smallest absolute Gasteiger partial charge is 0.328 e. The second-order valence-corrected chi connectivity index (χ2v) is 14.8. The summed E-state index contributed by atoms with van der Waals surface area (Å²) in [5.74, 6) is -2.99. The Morgan fingerprint density at radius 2 is 1.12 bits per heavy atom. The number of ether oxygens (including phenoxy) is 3. The molecule has 3 aromatic rings. The van der Waals surface area contributed by atoms with Crippen LogP contribution in [0.1, 0.15) is 44.4 Å². The minimum absolute atomic E-state index is 0.00437. The van der Waals surface area contributed by atoms with Gasteiger partial charge in [-0.05, 0) is 98.9 Å². The van der Waals surface area contributed by atoms with Gasteiger partial charge in [0.05, 0.1) is 14.2 Å². The summed E-state index contributed by atoms with van der Waals surface area (Å²) >= 11 is 0. The van der Waals surface area contributed by atoms with E-state index >= 15 is 0 Å². The number of benzene rings is 3. The molecule has 14 nitrogen and oxygen atoms in total. The Balaban J connectivity index is 1.93. The topological polar surface area (TPSA) is 175 Å². The van der Waals surface area contributed by atoms with E-state index in [1.54, 1.807) is 96.3 Å². The lowest BCUT2D eigenvalue weighted by molar-refractivity contribution is -0.159. The summed E-state index contributed by atoms with van der Waals surface area (Å²) < 4.78 is 16.2. The first kappa shape index (κ1) is 46.5. The third-order valence-corrected chi connectivity index (χ3v) is 10.2. The third-order valence-electron chi connectivity index (χ3n) is 10.2. The van der Waals surface area contributed by atoms with Crippen LogP contribution in [-0.2, 0) is 52.7 Å². The predicted molar refractivity (Wildman–Crippen MR) is 219 cm³/mol. The first-order valence-corrected chi connectivity index (χ1v) is 19.0. The number of rotatable bonds is 19. The number of nitrogens with one attached hydrogen (secondary N) is 1. The largest absolute Gasteiger partial charge is 0.508 e. The second kappa shape index (κ2) is 21.6. The van der Waals surface area contributed by atoms with Gasteiger partial charge in [0.25, 0.3) is 5.91 Å². The highest BCUT2D eigenvalue weighted by Gasteiger charge is 2.40. The zero-order valence-corrected chi connectivity index (χ0v) is 35.1. The van der Waals surface area contributed by atoms with E-state index in [-0.39, 0.29) is 24.3 Å². The minimum Gasteiger partial charge on any atom is -0.508 e. The maximum atomic E-state index is 14.5. The van der Waals surface area contributed by atoms with Gasteiger partial charge in [0.2, 0.25) is 17.9 Å². The van der Waals surface area contributed by atoms with Gasteiger partial charge >= 0.3 is 11.9 Å². The molecule has 0 aliphatic rings. The quantitative estimate of drug-likeness (QED) is 0.118. The van der Waals surface area contributed by atoms with Gasteiger partial charge < -0.3 is 39.5 Å². The van der Waals surface area contributed by atoms with E-state index < -0.39 is 65.8 Å². The number of amides is 3. The lowest BCUT2D eigenvalue weighted by Crippen LogP contribution is -2.59. The van der Waals surface area contributed by atoms with E-state index in [9.17, 15) is 34.2 Å². The van der Waals surface area contributed by atoms with Crippen LogP contribution in [0.15, 0.2) is 84.4 Å². The van der Waals surface area contributed by atoms with Crippen molar-refractivity contribution in [2.45, 2.75) is 77.2 Å². The Kier molecular flexibility index (Phi) is 17.3. The van der Waals surface area contributed by atoms with Gasteiger partial charge in [0.1, 0.15) is 41.4 Å². The van der Waals surface area contributed by atoms with E-state index in [0.717, 1.165) is 5.56 Å². The van der Waals surface area contributed by atoms with Crippen LogP contribution >= 0.6 is 0 Å². The minimum atomic E-state index is -1.36. The number of allylic oxidation sites excluding steroid dienone is 1. The van der Waals surface area contributed by atoms with Crippen molar-refractivity contribution in [2.24, 2.45) is 5.92 Å². The number of phenols is 2. The van der Waals surface area contributed by atoms with Gasteiger partial charge in [0, 0.05) is 26.9 Å². The van der Waals surface area contributed by atoms with Crippen LogP contribution in [0.2, 0.25) is 0 Å². The summed E-state index contributed by atoms with van der Waals surface area (Å²) in [6, 6.07) is 15.5. The van der Waals surface area contributed by atoms with E-state index in [4.69, 9.17) is 14.2 Å². The summed E-state index contributed by atoms with van der Waals surface area (Å²) in [7, 11) is 9.16. The number of methoxy groups -OCH3 is 2. The normalized spacial score (nSPS) is 14.1. The van der Waals surface area contributed by atoms with Crippen LogP contribution in [0, 0.1) is 5.92 Å². The van der Waals surface area contributed by atoms with Crippen molar-refractivity contribution < 1.29 is 48.4 Å². The number of phenolic OH excluding ortho intramolecular Hbond substituents is 2. The zero-order chi connectivity index (χ0) is 43.3. The van der Waals surface area contributed by atoms with Crippen LogP contribution in [0.5, 0.6) is 17.2 Å². The Morgan fingerprint density at radius 3 is 1.55 bits per heavy atom. The van der Waals surface area contributed by atoms with Gasteiger partial charge in [-0.15, -0.1) is 0 Å². The molecule has 0 heterocycles. The lowest BCUT2D eigenvalue weighted by atomic mass is 9.97. The van der Waals surface area contributed by atoms with Crippen molar-refractivity contribution in [3.05, 3.63) is 101 Å². The highest BCUT2D eigenvalue weighted by Crippen LogP contribution is 2.22. The Morgan fingerprint density at radius 1 is 0.672 bits per heavy atom. The molecular formula is C44H58N4O10. The van der Waals surface area contributed by atoms with E-state index in [1.165, 1.54) is 55.3 Å². The summed E-state index contributed by atoms with van der Waals surface area (Å²) in [6.07, 6.45) is 0.643. The molecule has 5 atom stereocenters. The number of carbonyl (C=O) groups excluding carboxylic acids is 5. The first-order valence-electron chi connectivity index (χ1n) is 19.0. The number of esters is 2. The fourth-order valence-electron chi connectivity index (χ4n) is 6.28. The molecule has 3 N–H and O–H groups in total. The fraction of sp³-hybridized carbons (Fsp3) is 0.432. The molecule has 58 heavy (non-hydrogen) atoms. The van der Waals surface area contributed by atoms with Crippen molar-refractivity contribution >= 4 is 29.7 Å². The molecule has 0 aromatic heterocycles. The molecule has 14 heteroatoms. The maximum Gasteiger partial charge on any atom is 0.328 e. The molecule has 3 aromatic carbocycles. The summed E-state index contributed by atoms with van der Waals surface area (Å²) in [5, 5.41) is 22.5. The number of aromatic hydroxyl groups is 2. The molecule has 0 aliphatic carbocycles. The molecule has 0 spiro atoms. The average Bonchev–Trinajstić information content (AvgIpc) is 3.21. The van der Waals surface area contributed by atoms with Crippen molar-refractivity contribution in [1.29, 1.82) is 0 Å². The maximum absolute atomic E-state index is 14.5. The van der Waals surface area contributed by atoms with E-state index in [0.29, 0.717) is 28.9 Å². The number of hydrogen-bond donors (Lipinski definition) is 3. The molecule has 0 saturated carbocycles. The molecule has 314 valence electrons. The van der Waals surface area contributed by atoms with Gasteiger partial charge in [-0.25, -0.2) is 4.79 Å². The van der Waals surface area contributed by atoms with Crippen LogP contribution in [-0.4, -0.2) is 127 Å². The number of hydrogen-bond acceptors (Lipinski definition) is 11. The van der Waals surface area contributed by atoms with Crippen molar-refractivity contribution in [2.75, 3.05) is 42.4 Å². The van der Waals surface area contributed by atoms with E-state index in [1.807, 2.05) is 12.1 Å². The van der Waals surface area contributed by atoms with Crippen LogP contribution < -0.4 is 10.1 Å². The molecule has 3 amide bonds.